The Morgan fingerprint density at radius 1 is 1.42 bits per heavy atom. The Labute approximate surface area is 136 Å². The molecule has 0 radical (unpaired) electrons. The van der Waals surface area contributed by atoms with E-state index in [1.807, 2.05) is 12.1 Å². The van der Waals surface area contributed by atoms with Gasteiger partial charge in [0.05, 0.1) is 11.6 Å². The summed E-state index contributed by atoms with van der Waals surface area (Å²) in [4.78, 5) is 12.1. The Hall–Kier alpha value is -0.600. The average molecular weight is 458 g/mol. The smallest absolute Gasteiger partial charge is 0.235 e. The highest BCUT2D eigenvalue weighted by Gasteiger charge is 2.22. The number of hydrogen-bond acceptors (Lipinski definition) is 3. The second-order valence-corrected chi connectivity index (χ2v) is 6.34. The van der Waals surface area contributed by atoms with Crippen LogP contribution in [0.4, 0.5) is 5.69 Å². The molecule has 8 heteroatoms. The maximum absolute atomic E-state index is 12.1. The fraction of sp³-hybridized carbons (Fsp3) is 0.273. The van der Waals surface area contributed by atoms with E-state index in [0.29, 0.717) is 12.1 Å². The van der Waals surface area contributed by atoms with E-state index in [4.69, 9.17) is 10.9 Å². The molecule has 0 aromatic heterocycles. The zero-order valence-corrected chi connectivity index (χ0v) is 14.7. The third kappa shape index (κ3) is 4.19. The standard InChI is InChI=1S/C11H12Br3N3O2/c1-2-6(10(15)17-19)11(18)16-9-7(13)3-5(12)4-8(9)14/h3-4,6,19H,2H2,1H3,(H2,15,17)(H,16,18). The van der Waals surface area contributed by atoms with E-state index in [2.05, 4.69) is 58.3 Å². The van der Waals surface area contributed by atoms with Crippen molar-refractivity contribution in [2.75, 3.05) is 5.32 Å². The molecule has 1 rings (SSSR count). The SMILES string of the molecule is CCC(C(=O)Nc1c(Br)cc(Br)cc1Br)C(N)=NO. The topological polar surface area (TPSA) is 87.7 Å². The second-order valence-electron chi connectivity index (χ2n) is 3.72. The third-order valence-corrected chi connectivity index (χ3v) is 4.16. The number of hydrogen-bond donors (Lipinski definition) is 3. The zero-order valence-electron chi connectivity index (χ0n) is 9.95. The number of oxime groups is 1. The molecular formula is C11H12Br3N3O2. The molecule has 0 heterocycles. The van der Waals surface area contributed by atoms with Crippen molar-refractivity contribution >= 4 is 65.2 Å². The molecule has 1 aromatic rings. The van der Waals surface area contributed by atoms with Crippen molar-refractivity contribution in [1.82, 2.24) is 0 Å². The van der Waals surface area contributed by atoms with Crippen molar-refractivity contribution < 1.29 is 10.0 Å². The van der Waals surface area contributed by atoms with Crippen LogP contribution in [0.3, 0.4) is 0 Å². The van der Waals surface area contributed by atoms with Gasteiger partial charge in [0.25, 0.3) is 0 Å². The summed E-state index contributed by atoms with van der Waals surface area (Å²) in [7, 11) is 0. The Morgan fingerprint density at radius 3 is 2.37 bits per heavy atom. The largest absolute Gasteiger partial charge is 0.409 e. The first-order valence-corrected chi connectivity index (χ1v) is 7.71. The highest BCUT2D eigenvalue weighted by molar-refractivity contribution is 9.11. The van der Waals surface area contributed by atoms with Crippen molar-refractivity contribution in [2.45, 2.75) is 13.3 Å². The minimum atomic E-state index is -0.674. The second kappa shape index (κ2) is 7.25. The number of nitrogens with zero attached hydrogens (tertiary/aromatic N) is 1. The molecule has 0 aliphatic rings. The summed E-state index contributed by atoms with van der Waals surface area (Å²) in [5.74, 6) is -1.11. The summed E-state index contributed by atoms with van der Waals surface area (Å²) < 4.78 is 2.31. The van der Waals surface area contributed by atoms with Crippen LogP contribution in [0.15, 0.2) is 30.7 Å². The molecule has 104 valence electrons. The normalized spacial score (nSPS) is 13.2. The van der Waals surface area contributed by atoms with E-state index in [1.165, 1.54) is 0 Å². The molecule has 19 heavy (non-hydrogen) atoms. The van der Waals surface area contributed by atoms with E-state index < -0.39 is 5.92 Å². The maximum Gasteiger partial charge on any atom is 0.235 e. The van der Waals surface area contributed by atoms with Crippen molar-refractivity contribution in [3.05, 3.63) is 25.6 Å². The van der Waals surface area contributed by atoms with Gasteiger partial charge in [0, 0.05) is 13.4 Å². The Bertz CT molecular complexity index is 497. The number of carbonyl (C=O) groups is 1. The first-order valence-electron chi connectivity index (χ1n) is 5.33. The lowest BCUT2D eigenvalue weighted by Crippen LogP contribution is -2.34. The number of benzene rings is 1. The molecule has 5 nitrogen and oxygen atoms in total. The molecule has 0 spiro atoms. The van der Waals surface area contributed by atoms with E-state index in [1.54, 1.807) is 6.92 Å². The van der Waals surface area contributed by atoms with Gasteiger partial charge < -0.3 is 16.3 Å². The van der Waals surface area contributed by atoms with Crippen molar-refractivity contribution in [1.29, 1.82) is 0 Å². The highest BCUT2D eigenvalue weighted by Crippen LogP contribution is 2.34. The van der Waals surface area contributed by atoms with Crippen LogP contribution in [0.5, 0.6) is 0 Å². The highest BCUT2D eigenvalue weighted by atomic mass is 79.9. The average Bonchev–Trinajstić information content (AvgIpc) is 2.34. The number of anilines is 1. The van der Waals surface area contributed by atoms with Crippen molar-refractivity contribution in [3.63, 3.8) is 0 Å². The van der Waals surface area contributed by atoms with Crippen LogP contribution in [-0.2, 0) is 4.79 Å². The summed E-state index contributed by atoms with van der Waals surface area (Å²) >= 11 is 10.1. The molecule has 0 saturated heterocycles. The summed E-state index contributed by atoms with van der Waals surface area (Å²) in [6.45, 7) is 1.79. The van der Waals surface area contributed by atoms with Crippen molar-refractivity contribution in [2.24, 2.45) is 16.8 Å². The maximum atomic E-state index is 12.1. The first-order chi connectivity index (χ1) is 8.90. The van der Waals surface area contributed by atoms with Gasteiger partial charge in [-0.05, 0) is 50.4 Å². The Balaban J connectivity index is 3.00. The lowest BCUT2D eigenvalue weighted by molar-refractivity contribution is -0.118. The number of halogens is 3. The Morgan fingerprint density at radius 2 is 1.95 bits per heavy atom. The van der Waals surface area contributed by atoms with Crippen LogP contribution >= 0.6 is 47.8 Å². The Kier molecular flexibility index (Phi) is 6.28. The van der Waals surface area contributed by atoms with E-state index >= 15 is 0 Å². The van der Waals surface area contributed by atoms with Crippen LogP contribution in [0.2, 0.25) is 0 Å². The van der Waals surface area contributed by atoms with Gasteiger partial charge in [-0.25, -0.2) is 0 Å². The van der Waals surface area contributed by atoms with Gasteiger partial charge in [-0.1, -0.05) is 28.0 Å². The fourth-order valence-electron chi connectivity index (χ4n) is 1.47. The molecule has 1 amide bonds. The molecule has 1 aromatic carbocycles. The number of amidine groups is 1. The van der Waals surface area contributed by atoms with Crippen LogP contribution in [-0.4, -0.2) is 17.0 Å². The van der Waals surface area contributed by atoms with Gasteiger partial charge in [-0.2, -0.15) is 0 Å². The van der Waals surface area contributed by atoms with Crippen LogP contribution in [0.1, 0.15) is 13.3 Å². The molecule has 0 bridgehead atoms. The first kappa shape index (κ1) is 16.5. The summed E-state index contributed by atoms with van der Waals surface area (Å²) in [6.07, 6.45) is 0.438. The fourth-order valence-corrected chi connectivity index (χ4v) is 3.93. The van der Waals surface area contributed by atoms with E-state index in [9.17, 15) is 4.79 Å². The van der Waals surface area contributed by atoms with Crippen LogP contribution < -0.4 is 11.1 Å². The van der Waals surface area contributed by atoms with Gasteiger partial charge in [-0.15, -0.1) is 0 Å². The monoisotopic (exact) mass is 455 g/mol. The van der Waals surface area contributed by atoms with Gasteiger partial charge in [0.2, 0.25) is 5.91 Å². The van der Waals surface area contributed by atoms with Crippen LogP contribution in [0.25, 0.3) is 0 Å². The molecule has 0 aliphatic carbocycles. The molecule has 0 aliphatic heterocycles. The third-order valence-electron chi connectivity index (χ3n) is 2.45. The number of amides is 1. The van der Waals surface area contributed by atoms with Gasteiger partial charge in [0.1, 0.15) is 0 Å². The molecule has 4 N–H and O–H groups in total. The van der Waals surface area contributed by atoms with Crippen LogP contribution in [0, 0.1) is 5.92 Å². The summed E-state index contributed by atoms with van der Waals surface area (Å²) in [5, 5.41) is 14.3. The van der Waals surface area contributed by atoms with Gasteiger partial charge in [-0.3, -0.25) is 4.79 Å². The number of nitrogens with two attached hydrogens (primary N) is 1. The molecule has 1 atom stereocenters. The summed E-state index contributed by atoms with van der Waals surface area (Å²) in [5.41, 5.74) is 6.09. The predicted octanol–water partition coefficient (Wildman–Crippen LogP) is 3.69. The number of nitrogens with one attached hydrogen (secondary N) is 1. The van der Waals surface area contributed by atoms with E-state index in [0.717, 1.165) is 13.4 Å². The van der Waals surface area contributed by atoms with Gasteiger partial charge in [0.15, 0.2) is 5.84 Å². The molecule has 0 saturated carbocycles. The quantitative estimate of drug-likeness (QED) is 0.279. The molecule has 1 unspecified atom stereocenters. The van der Waals surface area contributed by atoms with Gasteiger partial charge >= 0.3 is 0 Å². The minimum absolute atomic E-state index is 0.107. The molecular weight excluding hydrogens is 446 g/mol. The van der Waals surface area contributed by atoms with E-state index in [-0.39, 0.29) is 11.7 Å². The van der Waals surface area contributed by atoms with Crippen molar-refractivity contribution in [3.8, 4) is 0 Å². The number of carbonyl (C=O) groups excluding carboxylic acids is 1. The lowest BCUT2D eigenvalue weighted by atomic mass is 10.0. The summed E-state index contributed by atoms with van der Waals surface area (Å²) in [6, 6.07) is 3.62. The zero-order chi connectivity index (χ0) is 14.6. The minimum Gasteiger partial charge on any atom is -0.409 e. The molecule has 0 fully saturated rings. The predicted molar refractivity (Wildman–Crippen MR) is 85.4 cm³/mol. The lowest BCUT2D eigenvalue weighted by Gasteiger charge is -2.15. The number of rotatable bonds is 4.